The van der Waals surface area contributed by atoms with Crippen molar-refractivity contribution in [2.45, 2.75) is 10.4 Å². The van der Waals surface area contributed by atoms with E-state index in [9.17, 15) is 4.79 Å². The Kier molecular flexibility index (Phi) is 3.82. The molecule has 7 heteroatoms. The SMILES string of the molecule is NCC(Sc1nc(N)cc(=O)[nH]1)c1ccsc1. The lowest BCUT2D eigenvalue weighted by Crippen LogP contribution is -2.13. The molecular weight excluding hydrogens is 256 g/mol. The number of thiophene rings is 1. The summed E-state index contributed by atoms with van der Waals surface area (Å²) in [5.41, 5.74) is 12.1. The minimum Gasteiger partial charge on any atom is -0.383 e. The lowest BCUT2D eigenvalue weighted by atomic mass is 10.2. The molecule has 0 saturated carbocycles. The maximum Gasteiger partial charge on any atom is 0.253 e. The first-order valence-corrected chi connectivity index (χ1v) is 6.77. The zero-order valence-corrected chi connectivity index (χ0v) is 10.6. The number of aromatic nitrogens is 2. The average Bonchev–Trinajstić information content (AvgIpc) is 2.77. The predicted molar refractivity (Wildman–Crippen MR) is 71.2 cm³/mol. The van der Waals surface area contributed by atoms with Crippen LogP contribution in [0.15, 0.2) is 32.8 Å². The monoisotopic (exact) mass is 268 g/mol. The molecule has 0 aliphatic heterocycles. The summed E-state index contributed by atoms with van der Waals surface area (Å²) in [6.45, 7) is 0.472. The highest BCUT2D eigenvalue weighted by molar-refractivity contribution is 7.99. The first-order chi connectivity index (χ1) is 8.19. The fourth-order valence-corrected chi connectivity index (χ4v) is 3.12. The number of hydrogen-bond acceptors (Lipinski definition) is 6. The minimum atomic E-state index is -0.249. The molecule has 5 N–H and O–H groups in total. The smallest absolute Gasteiger partial charge is 0.253 e. The highest BCUT2D eigenvalue weighted by Crippen LogP contribution is 2.33. The molecule has 2 rings (SSSR count). The van der Waals surface area contributed by atoms with E-state index in [1.165, 1.54) is 17.8 Å². The van der Waals surface area contributed by atoms with Crippen LogP contribution in [-0.2, 0) is 0 Å². The summed E-state index contributed by atoms with van der Waals surface area (Å²) < 4.78 is 0. The van der Waals surface area contributed by atoms with Gasteiger partial charge in [-0.15, -0.1) is 0 Å². The van der Waals surface area contributed by atoms with Crippen LogP contribution in [0.5, 0.6) is 0 Å². The molecule has 0 fully saturated rings. The molecule has 0 aromatic carbocycles. The molecule has 2 heterocycles. The Morgan fingerprint density at radius 1 is 1.59 bits per heavy atom. The number of nitrogens with zero attached hydrogens (tertiary/aromatic N) is 1. The van der Waals surface area contributed by atoms with Crippen molar-refractivity contribution in [3.05, 3.63) is 38.8 Å². The fraction of sp³-hybridized carbons (Fsp3) is 0.200. The van der Waals surface area contributed by atoms with Crippen LogP contribution in [0.3, 0.4) is 0 Å². The minimum absolute atomic E-state index is 0.0752. The van der Waals surface area contributed by atoms with Crippen molar-refractivity contribution < 1.29 is 0 Å². The number of nitrogens with two attached hydrogens (primary N) is 2. The molecule has 0 saturated heterocycles. The van der Waals surface area contributed by atoms with E-state index >= 15 is 0 Å². The van der Waals surface area contributed by atoms with Gasteiger partial charge in [0.15, 0.2) is 5.16 Å². The van der Waals surface area contributed by atoms with Crippen molar-refractivity contribution in [3.8, 4) is 0 Å². The van der Waals surface area contributed by atoms with Gasteiger partial charge in [-0.25, -0.2) is 4.98 Å². The Hall–Kier alpha value is -1.31. The Bertz CT molecular complexity index is 537. The summed E-state index contributed by atoms with van der Waals surface area (Å²) >= 11 is 3.02. The van der Waals surface area contributed by atoms with Crippen LogP contribution in [0.4, 0.5) is 5.82 Å². The summed E-state index contributed by atoms with van der Waals surface area (Å²) in [4.78, 5) is 18.0. The van der Waals surface area contributed by atoms with Gasteiger partial charge in [-0.1, -0.05) is 11.8 Å². The number of H-pyrrole nitrogens is 1. The van der Waals surface area contributed by atoms with Gasteiger partial charge in [-0.05, 0) is 22.4 Å². The van der Waals surface area contributed by atoms with E-state index in [1.807, 2.05) is 16.8 Å². The van der Waals surface area contributed by atoms with Crippen LogP contribution in [0, 0.1) is 0 Å². The van der Waals surface area contributed by atoms with Crippen molar-refractivity contribution in [1.82, 2.24) is 9.97 Å². The van der Waals surface area contributed by atoms with E-state index in [2.05, 4.69) is 9.97 Å². The molecule has 1 atom stereocenters. The zero-order chi connectivity index (χ0) is 12.3. The molecule has 2 aromatic heterocycles. The van der Waals surface area contributed by atoms with E-state index in [-0.39, 0.29) is 16.6 Å². The van der Waals surface area contributed by atoms with E-state index in [0.717, 1.165) is 5.56 Å². The largest absolute Gasteiger partial charge is 0.383 e. The second-order valence-electron chi connectivity index (χ2n) is 3.37. The topological polar surface area (TPSA) is 97.8 Å². The first-order valence-electron chi connectivity index (χ1n) is 4.94. The second kappa shape index (κ2) is 5.35. The van der Waals surface area contributed by atoms with Crippen molar-refractivity contribution in [3.63, 3.8) is 0 Å². The van der Waals surface area contributed by atoms with E-state index in [1.54, 1.807) is 11.3 Å². The molecule has 17 heavy (non-hydrogen) atoms. The Balaban J connectivity index is 2.21. The third-order valence-electron chi connectivity index (χ3n) is 2.12. The van der Waals surface area contributed by atoms with Crippen LogP contribution in [-0.4, -0.2) is 16.5 Å². The first kappa shape index (κ1) is 12.2. The molecule has 0 aliphatic rings. The molecule has 2 aromatic rings. The number of anilines is 1. The van der Waals surface area contributed by atoms with Crippen molar-refractivity contribution >= 4 is 28.9 Å². The number of nitrogen functional groups attached to an aromatic ring is 1. The Labute approximate surface area is 106 Å². The second-order valence-corrected chi connectivity index (χ2v) is 5.35. The molecule has 5 nitrogen and oxygen atoms in total. The van der Waals surface area contributed by atoms with Crippen LogP contribution < -0.4 is 17.0 Å². The Morgan fingerprint density at radius 2 is 2.41 bits per heavy atom. The van der Waals surface area contributed by atoms with Gasteiger partial charge in [0.25, 0.3) is 5.56 Å². The lowest BCUT2D eigenvalue weighted by Gasteiger charge is -2.11. The zero-order valence-electron chi connectivity index (χ0n) is 8.92. The van der Waals surface area contributed by atoms with E-state index in [0.29, 0.717) is 11.7 Å². The number of nitrogens with one attached hydrogen (secondary N) is 1. The van der Waals surface area contributed by atoms with Crippen LogP contribution in [0.1, 0.15) is 10.8 Å². The molecule has 1 unspecified atom stereocenters. The van der Waals surface area contributed by atoms with Gasteiger partial charge < -0.3 is 16.5 Å². The summed E-state index contributed by atoms with van der Waals surface area (Å²) in [5, 5.41) is 4.60. The molecule has 0 bridgehead atoms. The summed E-state index contributed by atoms with van der Waals surface area (Å²) in [7, 11) is 0. The fourth-order valence-electron chi connectivity index (χ4n) is 1.35. The lowest BCUT2D eigenvalue weighted by molar-refractivity contribution is 0.903. The number of hydrogen-bond donors (Lipinski definition) is 3. The third kappa shape index (κ3) is 3.09. The van der Waals surface area contributed by atoms with Gasteiger partial charge in [0, 0.05) is 12.6 Å². The van der Waals surface area contributed by atoms with Crippen LogP contribution >= 0.6 is 23.1 Å². The highest BCUT2D eigenvalue weighted by Gasteiger charge is 2.13. The maximum absolute atomic E-state index is 11.2. The number of thioether (sulfide) groups is 1. The Morgan fingerprint density at radius 3 is 3.00 bits per heavy atom. The van der Waals surface area contributed by atoms with Gasteiger partial charge in [0.2, 0.25) is 0 Å². The van der Waals surface area contributed by atoms with Gasteiger partial charge in [-0.3, -0.25) is 4.79 Å². The molecule has 90 valence electrons. The van der Waals surface area contributed by atoms with Gasteiger partial charge in [-0.2, -0.15) is 11.3 Å². The molecule has 0 aliphatic carbocycles. The van der Waals surface area contributed by atoms with E-state index < -0.39 is 0 Å². The summed E-state index contributed by atoms with van der Waals surface area (Å²) in [6.07, 6.45) is 0. The molecule has 0 spiro atoms. The molecule has 0 radical (unpaired) electrons. The van der Waals surface area contributed by atoms with Crippen molar-refractivity contribution in [1.29, 1.82) is 0 Å². The van der Waals surface area contributed by atoms with Crippen LogP contribution in [0.25, 0.3) is 0 Å². The quantitative estimate of drug-likeness (QED) is 0.572. The normalized spacial score (nSPS) is 12.5. The van der Waals surface area contributed by atoms with Gasteiger partial charge >= 0.3 is 0 Å². The van der Waals surface area contributed by atoms with E-state index in [4.69, 9.17) is 11.5 Å². The van der Waals surface area contributed by atoms with Crippen LogP contribution in [0.2, 0.25) is 0 Å². The maximum atomic E-state index is 11.2. The number of rotatable bonds is 4. The molecule has 0 amide bonds. The highest BCUT2D eigenvalue weighted by atomic mass is 32.2. The van der Waals surface area contributed by atoms with Gasteiger partial charge in [0.05, 0.1) is 5.25 Å². The standard InChI is InChI=1S/C10H12N4OS2/c11-4-7(6-1-2-16-5-6)17-10-13-8(12)3-9(15)14-10/h1-3,5,7H,4,11H2,(H3,12,13,14,15). The predicted octanol–water partition coefficient (Wildman–Crippen LogP) is 1.21. The van der Waals surface area contributed by atoms with Gasteiger partial charge in [0.1, 0.15) is 5.82 Å². The molecular formula is C10H12N4OS2. The summed E-state index contributed by atoms with van der Waals surface area (Å²) in [5.74, 6) is 0.220. The van der Waals surface area contributed by atoms with Crippen molar-refractivity contribution in [2.75, 3.05) is 12.3 Å². The van der Waals surface area contributed by atoms with Crippen molar-refractivity contribution in [2.24, 2.45) is 5.73 Å². The average molecular weight is 268 g/mol. The summed E-state index contributed by atoms with van der Waals surface area (Å²) in [6, 6.07) is 3.27. The number of aromatic amines is 1. The third-order valence-corrected chi connectivity index (χ3v) is 3.99.